The van der Waals surface area contributed by atoms with E-state index >= 15 is 0 Å². The van der Waals surface area contributed by atoms with Crippen molar-refractivity contribution in [3.05, 3.63) is 35.7 Å². The molecule has 1 aromatic heterocycles. The first kappa shape index (κ1) is 16.7. The van der Waals surface area contributed by atoms with Crippen LogP contribution in [0.2, 0.25) is 0 Å². The second-order valence-electron chi connectivity index (χ2n) is 7.00. The number of tetrazole rings is 1. The number of benzene rings is 1. The van der Waals surface area contributed by atoms with E-state index in [0.717, 1.165) is 51.1 Å². The van der Waals surface area contributed by atoms with Gasteiger partial charge < -0.3 is 5.32 Å². The summed E-state index contributed by atoms with van der Waals surface area (Å²) in [5.41, 5.74) is 1.23. The highest BCUT2D eigenvalue weighted by atomic mass is 16.1. The average molecular weight is 351 g/mol. The maximum atomic E-state index is 12.5. The number of nitrogens with zero attached hydrogens (tertiary/aromatic N) is 6. The molecule has 1 saturated carbocycles. The molecule has 0 spiro atoms. The van der Waals surface area contributed by atoms with Gasteiger partial charge in [-0.3, -0.25) is 9.69 Å². The van der Waals surface area contributed by atoms with Crippen molar-refractivity contribution in [3.8, 4) is 6.07 Å². The fourth-order valence-corrected chi connectivity index (χ4v) is 3.38. The minimum absolute atomic E-state index is 0.00332. The summed E-state index contributed by atoms with van der Waals surface area (Å²) in [7, 11) is 0. The largest absolute Gasteiger partial charge is 0.326 e. The Kier molecular flexibility index (Phi) is 4.63. The summed E-state index contributed by atoms with van der Waals surface area (Å²) in [6.45, 7) is 2.45. The van der Waals surface area contributed by atoms with Gasteiger partial charge in [-0.15, -0.1) is 5.10 Å². The number of nitriles is 1. The molecule has 4 rings (SSSR count). The van der Waals surface area contributed by atoms with Gasteiger partial charge in [0.15, 0.2) is 5.82 Å². The number of aromatic nitrogens is 4. The van der Waals surface area contributed by atoms with E-state index in [2.05, 4.69) is 31.8 Å². The third-order valence-corrected chi connectivity index (χ3v) is 5.04. The van der Waals surface area contributed by atoms with E-state index in [1.165, 1.54) is 0 Å². The first-order valence-corrected chi connectivity index (χ1v) is 9.03. The molecule has 0 unspecified atom stereocenters. The van der Waals surface area contributed by atoms with Crippen LogP contribution in [-0.4, -0.2) is 44.1 Å². The summed E-state index contributed by atoms with van der Waals surface area (Å²) in [6, 6.07) is 9.58. The Balaban J connectivity index is 1.29. The van der Waals surface area contributed by atoms with Crippen molar-refractivity contribution in [2.45, 2.75) is 38.3 Å². The number of carbonyl (C=O) groups excluding carboxylic acids is 1. The van der Waals surface area contributed by atoms with Crippen LogP contribution in [0.15, 0.2) is 24.3 Å². The van der Waals surface area contributed by atoms with Gasteiger partial charge >= 0.3 is 0 Å². The molecule has 26 heavy (non-hydrogen) atoms. The average Bonchev–Trinajstić information content (AvgIpc) is 3.41. The molecular formula is C18H21N7O. The Morgan fingerprint density at radius 1 is 1.27 bits per heavy atom. The number of hydrogen-bond donors (Lipinski definition) is 1. The molecule has 1 saturated heterocycles. The zero-order valence-electron chi connectivity index (χ0n) is 14.5. The van der Waals surface area contributed by atoms with E-state index in [4.69, 9.17) is 5.26 Å². The second-order valence-corrected chi connectivity index (χ2v) is 7.00. The van der Waals surface area contributed by atoms with Crippen LogP contribution in [0.25, 0.3) is 0 Å². The molecule has 2 aromatic rings. The SMILES string of the molecule is N#Cc1cccc(NC(=O)C2CCN(Cc3nnnn3C3CC3)CC2)c1. The van der Waals surface area contributed by atoms with Crippen LogP contribution in [-0.2, 0) is 11.3 Å². The van der Waals surface area contributed by atoms with Crippen molar-refractivity contribution < 1.29 is 4.79 Å². The smallest absolute Gasteiger partial charge is 0.227 e. The normalized spacial score (nSPS) is 18.4. The molecule has 1 aliphatic heterocycles. The van der Waals surface area contributed by atoms with Gasteiger partial charge in [-0.05, 0) is 67.4 Å². The number of carbonyl (C=O) groups is 1. The molecule has 1 amide bonds. The van der Waals surface area contributed by atoms with Gasteiger partial charge in [0.2, 0.25) is 5.91 Å². The van der Waals surface area contributed by atoms with E-state index in [9.17, 15) is 4.79 Å². The summed E-state index contributed by atoms with van der Waals surface area (Å²) >= 11 is 0. The summed E-state index contributed by atoms with van der Waals surface area (Å²) in [5, 5.41) is 23.9. The highest BCUT2D eigenvalue weighted by molar-refractivity contribution is 5.92. The molecule has 0 atom stereocenters. The van der Waals surface area contributed by atoms with Crippen LogP contribution in [0.5, 0.6) is 0 Å². The zero-order valence-corrected chi connectivity index (χ0v) is 14.5. The number of nitrogens with one attached hydrogen (secondary N) is 1. The Hall–Kier alpha value is -2.79. The Morgan fingerprint density at radius 3 is 2.81 bits per heavy atom. The monoisotopic (exact) mass is 351 g/mol. The topological polar surface area (TPSA) is 99.7 Å². The molecule has 8 nitrogen and oxygen atoms in total. The zero-order chi connectivity index (χ0) is 17.9. The third-order valence-electron chi connectivity index (χ3n) is 5.04. The Labute approximate surface area is 151 Å². The highest BCUT2D eigenvalue weighted by Crippen LogP contribution is 2.34. The molecule has 0 bridgehead atoms. The molecule has 1 aliphatic carbocycles. The van der Waals surface area contributed by atoms with E-state index in [1.54, 1.807) is 18.2 Å². The van der Waals surface area contributed by atoms with Crippen molar-refractivity contribution in [2.75, 3.05) is 18.4 Å². The highest BCUT2D eigenvalue weighted by Gasteiger charge is 2.30. The van der Waals surface area contributed by atoms with Crippen LogP contribution in [0.4, 0.5) is 5.69 Å². The molecule has 2 fully saturated rings. The maximum Gasteiger partial charge on any atom is 0.227 e. The maximum absolute atomic E-state index is 12.5. The minimum Gasteiger partial charge on any atom is -0.326 e. The van der Waals surface area contributed by atoms with E-state index < -0.39 is 0 Å². The van der Waals surface area contributed by atoms with Crippen molar-refractivity contribution >= 4 is 11.6 Å². The number of amides is 1. The molecular weight excluding hydrogens is 330 g/mol. The van der Waals surface area contributed by atoms with E-state index in [1.807, 2.05) is 10.7 Å². The lowest BCUT2D eigenvalue weighted by atomic mass is 9.95. The van der Waals surface area contributed by atoms with Gasteiger partial charge in [0, 0.05) is 11.6 Å². The Morgan fingerprint density at radius 2 is 2.08 bits per heavy atom. The molecule has 8 heteroatoms. The van der Waals surface area contributed by atoms with Crippen molar-refractivity contribution in [1.29, 1.82) is 5.26 Å². The first-order chi connectivity index (χ1) is 12.7. The van der Waals surface area contributed by atoms with Crippen LogP contribution >= 0.6 is 0 Å². The molecule has 2 aliphatic rings. The Bertz CT molecular complexity index is 828. The molecule has 2 heterocycles. The van der Waals surface area contributed by atoms with Gasteiger partial charge in [0.05, 0.1) is 24.2 Å². The second kappa shape index (κ2) is 7.22. The number of rotatable bonds is 5. The van der Waals surface area contributed by atoms with Crippen molar-refractivity contribution in [3.63, 3.8) is 0 Å². The predicted molar refractivity (Wildman–Crippen MR) is 93.9 cm³/mol. The number of piperidine rings is 1. The first-order valence-electron chi connectivity index (χ1n) is 9.03. The quantitative estimate of drug-likeness (QED) is 0.880. The van der Waals surface area contributed by atoms with Crippen LogP contribution in [0, 0.1) is 17.2 Å². The van der Waals surface area contributed by atoms with Crippen molar-refractivity contribution in [2.24, 2.45) is 5.92 Å². The molecule has 134 valence electrons. The summed E-state index contributed by atoms with van der Waals surface area (Å²) in [4.78, 5) is 14.8. The van der Waals surface area contributed by atoms with Gasteiger partial charge in [-0.25, -0.2) is 4.68 Å². The van der Waals surface area contributed by atoms with Crippen molar-refractivity contribution in [1.82, 2.24) is 25.1 Å². The van der Waals surface area contributed by atoms with Gasteiger partial charge in [0.1, 0.15) is 0 Å². The summed E-state index contributed by atoms with van der Waals surface area (Å²) < 4.78 is 1.95. The fraction of sp³-hybridized carbons (Fsp3) is 0.500. The van der Waals surface area contributed by atoms with Crippen LogP contribution in [0.3, 0.4) is 0 Å². The summed E-state index contributed by atoms with van der Waals surface area (Å²) in [5.74, 6) is 0.947. The number of likely N-dealkylation sites (tertiary alicyclic amines) is 1. The number of hydrogen-bond acceptors (Lipinski definition) is 6. The lowest BCUT2D eigenvalue weighted by molar-refractivity contribution is -0.121. The van der Waals surface area contributed by atoms with Gasteiger partial charge in [0.25, 0.3) is 0 Å². The molecule has 1 aromatic carbocycles. The van der Waals surface area contributed by atoms with E-state index in [0.29, 0.717) is 17.3 Å². The van der Waals surface area contributed by atoms with Crippen LogP contribution < -0.4 is 5.32 Å². The minimum atomic E-state index is -0.00332. The molecule has 1 N–H and O–H groups in total. The van der Waals surface area contributed by atoms with Crippen LogP contribution in [0.1, 0.15) is 43.1 Å². The van der Waals surface area contributed by atoms with Gasteiger partial charge in [-0.1, -0.05) is 6.07 Å². The predicted octanol–water partition coefficient (Wildman–Crippen LogP) is 1.73. The molecule has 0 radical (unpaired) electrons. The lowest BCUT2D eigenvalue weighted by Gasteiger charge is -2.30. The standard InChI is InChI=1S/C18H21N7O/c19-11-13-2-1-3-15(10-13)20-18(26)14-6-8-24(9-7-14)12-17-21-22-23-25(17)16-4-5-16/h1-3,10,14,16H,4-9,12H2,(H,20,26). The summed E-state index contributed by atoms with van der Waals surface area (Å²) in [6.07, 6.45) is 3.95. The fourth-order valence-electron chi connectivity index (χ4n) is 3.38. The van der Waals surface area contributed by atoms with Gasteiger partial charge in [-0.2, -0.15) is 5.26 Å². The van der Waals surface area contributed by atoms with E-state index in [-0.39, 0.29) is 11.8 Å². The number of anilines is 1. The lowest BCUT2D eigenvalue weighted by Crippen LogP contribution is -2.38. The third kappa shape index (κ3) is 3.73.